The van der Waals surface area contributed by atoms with Gasteiger partial charge < -0.3 is 16.2 Å². The summed E-state index contributed by atoms with van der Waals surface area (Å²) in [5.74, 6) is 1.44. The molecule has 0 aromatic carbocycles. The van der Waals surface area contributed by atoms with Gasteiger partial charge in [0, 0.05) is 18.6 Å². The van der Waals surface area contributed by atoms with Gasteiger partial charge in [-0.15, -0.1) is 0 Å². The van der Waals surface area contributed by atoms with Crippen molar-refractivity contribution in [1.82, 2.24) is 9.97 Å². The maximum absolute atomic E-state index is 9.23. The molecule has 1 heterocycles. The molecule has 0 aliphatic heterocycles. The lowest BCUT2D eigenvalue weighted by atomic mass is 10.1. The van der Waals surface area contributed by atoms with Gasteiger partial charge in [0.15, 0.2) is 0 Å². The van der Waals surface area contributed by atoms with Gasteiger partial charge >= 0.3 is 0 Å². The van der Waals surface area contributed by atoms with Crippen LogP contribution < -0.4 is 11.1 Å². The lowest BCUT2D eigenvalue weighted by molar-refractivity contribution is 0.222. The Balaban J connectivity index is 2.11. The molecule has 6 heteroatoms. The Hall–Kier alpha value is -0.880. The SMILES string of the molecule is Nc1ncnc(NC2CCCC2CO)c1Br. The first kappa shape index (κ1) is 11.6. The summed E-state index contributed by atoms with van der Waals surface area (Å²) in [4.78, 5) is 8.02. The smallest absolute Gasteiger partial charge is 0.146 e. The van der Waals surface area contributed by atoms with E-state index >= 15 is 0 Å². The number of aliphatic hydroxyl groups is 1. The molecule has 1 aromatic heterocycles. The second-order valence-corrected chi connectivity index (χ2v) is 4.84. The van der Waals surface area contributed by atoms with Crippen LogP contribution in [0.25, 0.3) is 0 Å². The summed E-state index contributed by atoms with van der Waals surface area (Å²) in [5, 5.41) is 12.5. The molecule has 2 atom stereocenters. The van der Waals surface area contributed by atoms with Crippen LogP contribution in [0.15, 0.2) is 10.8 Å². The number of hydrogen-bond acceptors (Lipinski definition) is 5. The first-order valence-corrected chi connectivity index (χ1v) is 6.15. The highest BCUT2D eigenvalue weighted by Crippen LogP contribution is 2.31. The fourth-order valence-electron chi connectivity index (χ4n) is 2.11. The highest BCUT2D eigenvalue weighted by atomic mass is 79.9. The van der Waals surface area contributed by atoms with Crippen LogP contribution >= 0.6 is 15.9 Å². The minimum atomic E-state index is 0.218. The van der Waals surface area contributed by atoms with Gasteiger partial charge in [0.1, 0.15) is 22.4 Å². The molecule has 1 aliphatic rings. The normalized spacial score (nSPS) is 24.6. The largest absolute Gasteiger partial charge is 0.396 e. The second-order valence-electron chi connectivity index (χ2n) is 4.05. The third kappa shape index (κ3) is 2.27. The number of nitrogens with two attached hydrogens (primary N) is 1. The number of halogens is 1. The molecular weight excluding hydrogens is 272 g/mol. The van der Waals surface area contributed by atoms with Crippen molar-refractivity contribution in [3.8, 4) is 0 Å². The Morgan fingerprint density at radius 2 is 2.31 bits per heavy atom. The van der Waals surface area contributed by atoms with Crippen molar-refractivity contribution in [3.05, 3.63) is 10.8 Å². The molecule has 2 rings (SSSR count). The zero-order valence-electron chi connectivity index (χ0n) is 8.86. The molecular formula is C10H15BrN4O. The van der Waals surface area contributed by atoms with Gasteiger partial charge in [-0.1, -0.05) is 6.42 Å². The average Bonchev–Trinajstić information content (AvgIpc) is 2.72. The third-order valence-corrected chi connectivity index (χ3v) is 3.81. The Bertz CT molecular complexity index is 374. The molecule has 16 heavy (non-hydrogen) atoms. The third-order valence-electron chi connectivity index (χ3n) is 3.03. The summed E-state index contributed by atoms with van der Waals surface area (Å²) in [5.41, 5.74) is 5.67. The van der Waals surface area contributed by atoms with E-state index in [1.54, 1.807) is 0 Å². The van der Waals surface area contributed by atoms with Crippen molar-refractivity contribution in [2.45, 2.75) is 25.3 Å². The van der Waals surface area contributed by atoms with E-state index in [0.717, 1.165) is 19.3 Å². The number of aromatic nitrogens is 2. The number of aliphatic hydroxyl groups excluding tert-OH is 1. The lowest BCUT2D eigenvalue weighted by Crippen LogP contribution is -2.27. The predicted octanol–water partition coefficient (Wildman–Crippen LogP) is 1.39. The van der Waals surface area contributed by atoms with Crippen LogP contribution in [0.5, 0.6) is 0 Å². The van der Waals surface area contributed by atoms with Gasteiger partial charge in [0.25, 0.3) is 0 Å². The highest BCUT2D eigenvalue weighted by molar-refractivity contribution is 9.10. The van der Waals surface area contributed by atoms with E-state index in [2.05, 4.69) is 31.2 Å². The molecule has 0 amide bonds. The van der Waals surface area contributed by atoms with Gasteiger partial charge in [-0.05, 0) is 28.8 Å². The van der Waals surface area contributed by atoms with E-state index in [9.17, 15) is 5.11 Å². The van der Waals surface area contributed by atoms with Crippen molar-refractivity contribution < 1.29 is 5.11 Å². The quantitative estimate of drug-likeness (QED) is 0.782. The summed E-state index contributed by atoms with van der Waals surface area (Å²) in [6, 6.07) is 0.274. The molecule has 1 aliphatic carbocycles. The number of nitrogens with zero attached hydrogens (tertiary/aromatic N) is 2. The molecule has 0 spiro atoms. The Labute approximate surface area is 103 Å². The van der Waals surface area contributed by atoms with Crippen molar-refractivity contribution >= 4 is 27.6 Å². The molecule has 5 nitrogen and oxygen atoms in total. The molecule has 1 fully saturated rings. The van der Waals surface area contributed by atoms with Crippen LogP contribution in [0.2, 0.25) is 0 Å². The molecule has 1 saturated carbocycles. The molecule has 0 saturated heterocycles. The van der Waals surface area contributed by atoms with Gasteiger partial charge in [-0.3, -0.25) is 0 Å². The van der Waals surface area contributed by atoms with Gasteiger partial charge in [-0.2, -0.15) is 0 Å². The fraction of sp³-hybridized carbons (Fsp3) is 0.600. The minimum absolute atomic E-state index is 0.218. The highest BCUT2D eigenvalue weighted by Gasteiger charge is 2.27. The fourth-order valence-corrected chi connectivity index (χ4v) is 2.42. The Morgan fingerprint density at radius 1 is 1.50 bits per heavy atom. The molecule has 4 N–H and O–H groups in total. The number of nitrogen functional groups attached to an aromatic ring is 1. The van der Waals surface area contributed by atoms with Crippen LogP contribution in [-0.2, 0) is 0 Å². The van der Waals surface area contributed by atoms with E-state index in [0.29, 0.717) is 22.0 Å². The monoisotopic (exact) mass is 286 g/mol. The number of hydrogen-bond donors (Lipinski definition) is 3. The van der Waals surface area contributed by atoms with Crippen LogP contribution in [0.1, 0.15) is 19.3 Å². The average molecular weight is 287 g/mol. The van der Waals surface area contributed by atoms with Crippen LogP contribution in [0, 0.1) is 5.92 Å². The lowest BCUT2D eigenvalue weighted by Gasteiger charge is -2.20. The van der Waals surface area contributed by atoms with Gasteiger partial charge in [0.2, 0.25) is 0 Å². The van der Waals surface area contributed by atoms with E-state index in [1.807, 2.05) is 0 Å². The first-order chi connectivity index (χ1) is 7.72. The molecule has 0 bridgehead atoms. The number of anilines is 2. The second kappa shape index (κ2) is 4.97. The van der Waals surface area contributed by atoms with E-state index in [4.69, 9.17) is 5.73 Å². The molecule has 0 radical (unpaired) electrons. The molecule has 2 unspecified atom stereocenters. The van der Waals surface area contributed by atoms with Crippen LogP contribution in [0.3, 0.4) is 0 Å². The van der Waals surface area contributed by atoms with Crippen molar-refractivity contribution in [2.75, 3.05) is 17.7 Å². The minimum Gasteiger partial charge on any atom is -0.396 e. The van der Waals surface area contributed by atoms with Gasteiger partial charge in [0.05, 0.1) is 0 Å². The Morgan fingerprint density at radius 3 is 3.06 bits per heavy atom. The molecule has 1 aromatic rings. The van der Waals surface area contributed by atoms with Crippen molar-refractivity contribution in [1.29, 1.82) is 0 Å². The summed E-state index contributed by atoms with van der Waals surface area (Å²) in [6.45, 7) is 0.218. The predicted molar refractivity (Wildman–Crippen MR) is 66.0 cm³/mol. The summed E-state index contributed by atoms with van der Waals surface area (Å²) in [6.07, 6.45) is 4.69. The van der Waals surface area contributed by atoms with Gasteiger partial charge in [-0.25, -0.2) is 9.97 Å². The standard InChI is InChI=1S/C10H15BrN4O/c11-8-9(12)13-5-14-10(8)15-7-3-1-2-6(7)4-16/h5-7,16H,1-4H2,(H3,12,13,14,15). The van der Waals surface area contributed by atoms with Crippen LogP contribution in [0.4, 0.5) is 11.6 Å². The zero-order valence-corrected chi connectivity index (χ0v) is 10.4. The molecule has 88 valence electrons. The maximum atomic E-state index is 9.23. The maximum Gasteiger partial charge on any atom is 0.146 e. The van der Waals surface area contributed by atoms with E-state index in [1.165, 1.54) is 6.33 Å². The number of rotatable bonds is 3. The van der Waals surface area contributed by atoms with E-state index in [-0.39, 0.29) is 12.6 Å². The summed E-state index contributed by atoms with van der Waals surface area (Å²) < 4.78 is 0.693. The first-order valence-electron chi connectivity index (χ1n) is 5.35. The van der Waals surface area contributed by atoms with Crippen molar-refractivity contribution in [2.24, 2.45) is 5.92 Å². The van der Waals surface area contributed by atoms with E-state index < -0.39 is 0 Å². The van der Waals surface area contributed by atoms with Crippen LogP contribution in [-0.4, -0.2) is 27.7 Å². The zero-order chi connectivity index (χ0) is 11.5. The summed E-state index contributed by atoms with van der Waals surface area (Å²) >= 11 is 3.35. The summed E-state index contributed by atoms with van der Waals surface area (Å²) in [7, 11) is 0. The number of nitrogens with one attached hydrogen (secondary N) is 1. The topological polar surface area (TPSA) is 84.1 Å². The van der Waals surface area contributed by atoms with Crippen molar-refractivity contribution in [3.63, 3.8) is 0 Å². The Kier molecular flexibility index (Phi) is 3.60.